The summed E-state index contributed by atoms with van der Waals surface area (Å²) < 4.78 is 19.0. The summed E-state index contributed by atoms with van der Waals surface area (Å²) in [6.45, 7) is 0. The number of nitrogens with one attached hydrogen (secondary N) is 1. The molecule has 4 nitrogen and oxygen atoms in total. The van der Waals surface area contributed by atoms with Crippen molar-refractivity contribution in [2.75, 3.05) is 0 Å². The monoisotopic (exact) mass is 360 g/mol. The van der Waals surface area contributed by atoms with Gasteiger partial charge in [0.1, 0.15) is 17.5 Å². The lowest BCUT2D eigenvalue weighted by molar-refractivity contribution is -0.117. The summed E-state index contributed by atoms with van der Waals surface area (Å²) in [5.41, 5.74) is 2.15. The Hall–Kier alpha value is -3.26. The van der Waals surface area contributed by atoms with Gasteiger partial charge in [0.25, 0.3) is 0 Å². The number of hydrogen-bond donors (Lipinski definition) is 1. The van der Waals surface area contributed by atoms with Crippen molar-refractivity contribution in [3.8, 4) is 6.07 Å². The molecule has 0 saturated heterocycles. The Bertz CT molecular complexity index is 974. The fourth-order valence-electron chi connectivity index (χ4n) is 3.98. The molecule has 4 rings (SSSR count). The van der Waals surface area contributed by atoms with E-state index in [0.29, 0.717) is 29.7 Å². The fourth-order valence-corrected chi connectivity index (χ4v) is 3.98. The van der Waals surface area contributed by atoms with E-state index in [0.717, 1.165) is 5.56 Å². The molecule has 5 heteroatoms. The van der Waals surface area contributed by atoms with E-state index >= 15 is 0 Å². The van der Waals surface area contributed by atoms with Crippen LogP contribution in [0.1, 0.15) is 35.8 Å². The third-order valence-electron chi connectivity index (χ3n) is 5.26. The van der Waals surface area contributed by atoms with Gasteiger partial charge in [0.05, 0.1) is 6.07 Å². The molecular formula is C22H17FN2O2. The van der Waals surface area contributed by atoms with Crippen LogP contribution in [0.25, 0.3) is 0 Å². The zero-order valence-electron chi connectivity index (χ0n) is 14.5. The highest BCUT2D eigenvalue weighted by atomic mass is 19.1. The molecule has 0 bridgehead atoms. The second-order valence-corrected chi connectivity index (χ2v) is 6.88. The lowest BCUT2D eigenvalue weighted by Crippen LogP contribution is -2.36. The van der Waals surface area contributed by atoms with Crippen LogP contribution in [0.2, 0.25) is 0 Å². The first-order valence-corrected chi connectivity index (χ1v) is 8.81. The number of ketones is 1. The first-order chi connectivity index (χ1) is 13.1. The van der Waals surface area contributed by atoms with Gasteiger partial charge in [-0.25, -0.2) is 4.39 Å². The van der Waals surface area contributed by atoms with Crippen LogP contribution in [0.3, 0.4) is 0 Å². The van der Waals surface area contributed by atoms with Crippen molar-refractivity contribution in [1.29, 1.82) is 10.7 Å². The number of carbonyl (C=O) groups excluding carboxylic acids is 1. The molecule has 0 saturated carbocycles. The Kier molecular flexibility index (Phi) is 4.33. The van der Waals surface area contributed by atoms with E-state index in [1.807, 2.05) is 30.3 Å². The molecule has 2 aromatic carbocycles. The summed E-state index contributed by atoms with van der Waals surface area (Å²) >= 11 is 0. The van der Waals surface area contributed by atoms with Gasteiger partial charge in [0, 0.05) is 24.3 Å². The van der Waals surface area contributed by atoms with Crippen LogP contribution in [0.15, 0.2) is 65.9 Å². The number of nitrogens with zero attached hydrogens (tertiary/aromatic N) is 1. The van der Waals surface area contributed by atoms with E-state index in [9.17, 15) is 14.4 Å². The average Bonchev–Trinajstić information content (AvgIpc) is 2.68. The van der Waals surface area contributed by atoms with Crippen LogP contribution in [-0.4, -0.2) is 11.7 Å². The van der Waals surface area contributed by atoms with Crippen molar-refractivity contribution in [3.05, 3.63) is 82.9 Å². The highest BCUT2D eigenvalue weighted by Crippen LogP contribution is 2.46. The van der Waals surface area contributed by atoms with Crippen LogP contribution in [0, 0.1) is 28.5 Å². The van der Waals surface area contributed by atoms with Gasteiger partial charge in [0.2, 0.25) is 5.90 Å². The summed E-state index contributed by atoms with van der Waals surface area (Å²) in [4.78, 5) is 13.0. The smallest absolute Gasteiger partial charge is 0.205 e. The van der Waals surface area contributed by atoms with Crippen LogP contribution < -0.4 is 0 Å². The molecule has 0 amide bonds. The van der Waals surface area contributed by atoms with E-state index in [2.05, 4.69) is 6.07 Å². The van der Waals surface area contributed by atoms with Crippen molar-refractivity contribution in [3.63, 3.8) is 0 Å². The second-order valence-electron chi connectivity index (χ2n) is 6.88. The molecule has 3 atom stereocenters. The van der Waals surface area contributed by atoms with E-state index in [1.54, 1.807) is 12.1 Å². The maximum Gasteiger partial charge on any atom is 0.205 e. The van der Waals surface area contributed by atoms with Gasteiger partial charge < -0.3 is 4.74 Å². The third-order valence-corrected chi connectivity index (χ3v) is 5.26. The first kappa shape index (κ1) is 17.2. The van der Waals surface area contributed by atoms with Crippen molar-refractivity contribution in [2.24, 2.45) is 5.92 Å². The summed E-state index contributed by atoms with van der Waals surface area (Å²) in [7, 11) is 0. The van der Waals surface area contributed by atoms with Crippen molar-refractivity contribution < 1.29 is 13.9 Å². The maximum absolute atomic E-state index is 13.3. The molecule has 0 aromatic heterocycles. The molecule has 2 aliphatic rings. The van der Waals surface area contributed by atoms with Gasteiger partial charge in [-0.1, -0.05) is 42.5 Å². The van der Waals surface area contributed by atoms with Gasteiger partial charge in [-0.15, -0.1) is 0 Å². The Morgan fingerprint density at radius 1 is 1.04 bits per heavy atom. The molecule has 27 heavy (non-hydrogen) atoms. The molecule has 134 valence electrons. The highest BCUT2D eigenvalue weighted by molar-refractivity contribution is 6.02. The number of carbonyl (C=O) groups is 1. The van der Waals surface area contributed by atoms with Gasteiger partial charge in [-0.3, -0.25) is 10.2 Å². The SMILES string of the molecule is N#CC1C(=N)OC2=C(C(=O)CC(c3ccccc3)C2)C1c1ccc(F)cc1. The summed E-state index contributed by atoms with van der Waals surface area (Å²) in [6.07, 6.45) is 0.832. The molecule has 2 aromatic rings. The molecule has 0 fully saturated rings. The van der Waals surface area contributed by atoms with E-state index < -0.39 is 11.8 Å². The minimum atomic E-state index is -0.897. The lowest BCUT2D eigenvalue weighted by Gasteiger charge is -2.36. The number of benzene rings is 2. The van der Waals surface area contributed by atoms with Crippen LogP contribution in [0.5, 0.6) is 0 Å². The molecule has 1 aliphatic heterocycles. The van der Waals surface area contributed by atoms with Crippen molar-refractivity contribution >= 4 is 11.7 Å². The first-order valence-electron chi connectivity index (χ1n) is 8.81. The fraction of sp³-hybridized carbons (Fsp3) is 0.227. The van der Waals surface area contributed by atoms with Crippen molar-refractivity contribution in [2.45, 2.75) is 24.7 Å². The molecule has 0 radical (unpaired) electrons. The number of hydrogen-bond acceptors (Lipinski definition) is 4. The standard InChI is InChI=1S/C22H17FN2O2/c23-16-8-6-14(7-9-16)20-17(12-24)22(25)27-19-11-15(10-18(26)21(19)20)13-4-2-1-3-5-13/h1-9,15,17,20,25H,10-11H2. The van der Waals surface area contributed by atoms with Gasteiger partial charge in [-0.2, -0.15) is 5.26 Å². The van der Waals surface area contributed by atoms with Gasteiger partial charge in [0.15, 0.2) is 5.78 Å². The predicted molar refractivity (Wildman–Crippen MR) is 97.5 cm³/mol. The van der Waals surface area contributed by atoms with Crippen molar-refractivity contribution in [1.82, 2.24) is 0 Å². The summed E-state index contributed by atoms with van der Waals surface area (Å²) in [5, 5.41) is 17.7. The predicted octanol–water partition coefficient (Wildman–Crippen LogP) is 4.46. The minimum Gasteiger partial charge on any atom is -0.446 e. The lowest BCUT2D eigenvalue weighted by atomic mass is 9.71. The molecule has 1 N–H and O–H groups in total. The molecular weight excluding hydrogens is 343 g/mol. The molecule has 0 spiro atoms. The number of ether oxygens (including phenoxy) is 1. The Morgan fingerprint density at radius 2 is 1.74 bits per heavy atom. The highest BCUT2D eigenvalue weighted by Gasteiger charge is 2.44. The van der Waals surface area contributed by atoms with Gasteiger partial charge >= 0.3 is 0 Å². The topological polar surface area (TPSA) is 73.9 Å². The quantitative estimate of drug-likeness (QED) is 0.859. The zero-order chi connectivity index (χ0) is 19.0. The van der Waals surface area contributed by atoms with Crippen LogP contribution >= 0.6 is 0 Å². The number of nitriles is 1. The largest absolute Gasteiger partial charge is 0.446 e. The Labute approximate surface area is 156 Å². The average molecular weight is 360 g/mol. The Balaban J connectivity index is 1.78. The summed E-state index contributed by atoms with van der Waals surface area (Å²) in [6, 6.07) is 17.6. The zero-order valence-corrected chi connectivity index (χ0v) is 14.5. The van der Waals surface area contributed by atoms with Crippen LogP contribution in [0.4, 0.5) is 4.39 Å². The number of rotatable bonds is 2. The molecule has 1 aliphatic carbocycles. The number of halogens is 1. The van der Waals surface area contributed by atoms with Crippen LogP contribution in [-0.2, 0) is 9.53 Å². The van der Waals surface area contributed by atoms with E-state index in [-0.39, 0.29) is 23.4 Å². The van der Waals surface area contributed by atoms with E-state index in [1.165, 1.54) is 12.1 Å². The normalized spacial score (nSPS) is 24.8. The van der Waals surface area contributed by atoms with Gasteiger partial charge in [-0.05, 0) is 29.2 Å². The second kappa shape index (κ2) is 6.81. The van der Waals surface area contributed by atoms with E-state index in [4.69, 9.17) is 10.1 Å². The summed E-state index contributed by atoms with van der Waals surface area (Å²) in [5.74, 6) is -1.67. The maximum atomic E-state index is 13.3. The minimum absolute atomic E-state index is 0.0160. The Morgan fingerprint density at radius 3 is 2.41 bits per heavy atom. The number of allylic oxidation sites excluding steroid dienone is 2. The molecule has 3 unspecified atom stereocenters. The third kappa shape index (κ3) is 3.04. The molecule has 1 heterocycles. The number of Topliss-reactive ketones (excluding diaryl/α,β-unsaturated/α-hetero) is 1.